The van der Waals surface area contributed by atoms with Gasteiger partial charge >= 0.3 is 0 Å². The number of halogens is 1. The van der Waals surface area contributed by atoms with Crippen molar-refractivity contribution in [3.05, 3.63) is 59.9 Å². The minimum atomic E-state index is -0.249. The zero-order valence-corrected chi connectivity index (χ0v) is 14.7. The van der Waals surface area contributed by atoms with Crippen molar-refractivity contribution in [2.24, 2.45) is 0 Å². The van der Waals surface area contributed by atoms with Gasteiger partial charge in [0.05, 0.1) is 17.7 Å². The molecule has 1 fully saturated rings. The topological polar surface area (TPSA) is 59.4 Å². The maximum atomic E-state index is 13.0. The molecular formula is C20H21FN4O. The minimum Gasteiger partial charge on any atom is -0.369 e. The molecule has 1 amide bonds. The van der Waals surface area contributed by atoms with Gasteiger partial charge in [0.2, 0.25) is 5.91 Å². The molecule has 1 aliphatic heterocycles. The summed E-state index contributed by atoms with van der Waals surface area (Å²) in [6, 6.07) is 15.1. The first-order valence-electron chi connectivity index (χ1n) is 8.62. The highest BCUT2D eigenvalue weighted by Gasteiger charge is 2.25. The van der Waals surface area contributed by atoms with Crippen molar-refractivity contribution in [3.8, 4) is 6.07 Å². The highest BCUT2D eigenvalue weighted by molar-refractivity contribution is 5.94. The standard InChI is InChI=1S/C20H21FN4O/c1-15(20(26)23-18-6-2-16(14-22)3-7-18)24-10-12-25(13-11-24)19-8-4-17(21)5-9-19/h2-9,15H,10-13H2,1H3,(H,23,26). The quantitative estimate of drug-likeness (QED) is 0.919. The van der Waals surface area contributed by atoms with E-state index in [-0.39, 0.29) is 17.8 Å². The third-order valence-electron chi connectivity index (χ3n) is 4.71. The SMILES string of the molecule is CC(C(=O)Nc1ccc(C#N)cc1)N1CCN(c2ccc(F)cc2)CC1. The fourth-order valence-corrected chi connectivity index (χ4v) is 3.06. The lowest BCUT2D eigenvalue weighted by Crippen LogP contribution is -2.52. The van der Waals surface area contributed by atoms with Crippen LogP contribution in [0.5, 0.6) is 0 Å². The summed E-state index contributed by atoms with van der Waals surface area (Å²) in [5, 5.41) is 11.7. The first-order valence-corrected chi connectivity index (χ1v) is 8.62. The summed E-state index contributed by atoms with van der Waals surface area (Å²) >= 11 is 0. The third kappa shape index (κ3) is 4.19. The smallest absolute Gasteiger partial charge is 0.241 e. The second-order valence-corrected chi connectivity index (χ2v) is 6.35. The summed E-state index contributed by atoms with van der Waals surface area (Å²) in [7, 11) is 0. The van der Waals surface area contributed by atoms with Crippen molar-refractivity contribution in [2.45, 2.75) is 13.0 Å². The largest absolute Gasteiger partial charge is 0.369 e. The summed E-state index contributed by atoms with van der Waals surface area (Å²) < 4.78 is 13.0. The van der Waals surface area contributed by atoms with E-state index in [1.54, 1.807) is 36.4 Å². The molecule has 1 unspecified atom stereocenters. The van der Waals surface area contributed by atoms with E-state index in [4.69, 9.17) is 5.26 Å². The van der Waals surface area contributed by atoms with Gasteiger partial charge in [-0.05, 0) is 55.5 Å². The van der Waals surface area contributed by atoms with Crippen LogP contribution in [-0.4, -0.2) is 43.0 Å². The Morgan fingerprint density at radius 1 is 1.08 bits per heavy atom. The highest BCUT2D eigenvalue weighted by atomic mass is 19.1. The van der Waals surface area contributed by atoms with Crippen LogP contribution in [0.3, 0.4) is 0 Å². The molecule has 3 rings (SSSR count). The number of nitriles is 1. The van der Waals surface area contributed by atoms with Crippen LogP contribution in [0.1, 0.15) is 12.5 Å². The van der Waals surface area contributed by atoms with E-state index in [1.165, 1.54) is 12.1 Å². The lowest BCUT2D eigenvalue weighted by atomic mass is 10.2. The molecule has 1 heterocycles. The number of nitrogens with zero attached hydrogens (tertiary/aromatic N) is 3. The molecule has 1 aliphatic rings. The van der Waals surface area contributed by atoms with Crippen LogP contribution in [0.4, 0.5) is 15.8 Å². The molecule has 1 N–H and O–H groups in total. The Morgan fingerprint density at radius 2 is 1.69 bits per heavy atom. The van der Waals surface area contributed by atoms with Crippen molar-refractivity contribution in [2.75, 3.05) is 36.4 Å². The second kappa shape index (κ2) is 7.98. The Kier molecular flexibility index (Phi) is 5.49. The van der Waals surface area contributed by atoms with Crippen molar-refractivity contribution < 1.29 is 9.18 Å². The van der Waals surface area contributed by atoms with Gasteiger partial charge in [0, 0.05) is 37.6 Å². The molecule has 2 aromatic rings. The van der Waals surface area contributed by atoms with E-state index in [2.05, 4.69) is 21.2 Å². The van der Waals surface area contributed by atoms with Gasteiger partial charge in [-0.15, -0.1) is 0 Å². The zero-order chi connectivity index (χ0) is 18.5. The van der Waals surface area contributed by atoms with Crippen LogP contribution in [0.25, 0.3) is 0 Å². The molecule has 1 saturated heterocycles. The van der Waals surface area contributed by atoms with E-state index in [0.717, 1.165) is 31.9 Å². The highest BCUT2D eigenvalue weighted by Crippen LogP contribution is 2.18. The Bertz CT molecular complexity index is 790. The summed E-state index contributed by atoms with van der Waals surface area (Å²) in [6.45, 7) is 5.01. The van der Waals surface area contributed by atoms with E-state index in [9.17, 15) is 9.18 Å². The number of carbonyl (C=O) groups excluding carboxylic acids is 1. The minimum absolute atomic E-state index is 0.0649. The number of hydrogen-bond acceptors (Lipinski definition) is 4. The normalized spacial score (nSPS) is 16.0. The number of piperazine rings is 1. The maximum absolute atomic E-state index is 13.0. The zero-order valence-electron chi connectivity index (χ0n) is 14.7. The van der Waals surface area contributed by atoms with Gasteiger partial charge in [0.1, 0.15) is 5.82 Å². The van der Waals surface area contributed by atoms with Gasteiger partial charge in [-0.2, -0.15) is 5.26 Å². The maximum Gasteiger partial charge on any atom is 0.241 e. The predicted molar refractivity (Wildman–Crippen MR) is 99.4 cm³/mol. The fraction of sp³-hybridized carbons (Fsp3) is 0.300. The van der Waals surface area contributed by atoms with Crippen molar-refractivity contribution >= 4 is 17.3 Å². The summed E-state index contributed by atoms with van der Waals surface area (Å²) in [4.78, 5) is 16.8. The molecule has 26 heavy (non-hydrogen) atoms. The van der Waals surface area contributed by atoms with Gasteiger partial charge in [-0.3, -0.25) is 9.69 Å². The monoisotopic (exact) mass is 352 g/mol. The average molecular weight is 352 g/mol. The van der Waals surface area contributed by atoms with Gasteiger partial charge in [-0.25, -0.2) is 4.39 Å². The molecule has 0 bridgehead atoms. The van der Waals surface area contributed by atoms with Gasteiger partial charge in [-0.1, -0.05) is 0 Å². The molecule has 0 aromatic heterocycles. The molecule has 1 atom stereocenters. The first-order chi connectivity index (χ1) is 12.6. The number of nitrogens with one attached hydrogen (secondary N) is 1. The molecule has 5 nitrogen and oxygen atoms in total. The van der Waals surface area contributed by atoms with Crippen molar-refractivity contribution in [1.82, 2.24) is 4.90 Å². The van der Waals surface area contributed by atoms with Crippen LogP contribution < -0.4 is 10.2 Å². The van der Waals surface area contributed by atoms with Crippen molar-refractivity contribution in [3.63, 3.8) is 0 Å². The third-order valence-corrected chi connectivity index (χ3v) is 4.71. The van der Waals surface area contributed by atoms with Gasteiger partial charge < -0.3 is 10.2 Å². The molecular weight excluding hydrogens is 331 g/mol. The molecule has 0 aliphatic carbocycles. The molecule has 2 aromatic carbocycles. The number of hydrogen-bond donors (Lipinski definition) is 1. The lowest BCUT2D eigenvalue weighted by molar-refractivity contribution is -0.120. The average Bonchev–Trinajstić information content (AvgIpc) is 2.69. The number of carbonyl (C=O) groups is 1. The van der Waals surface area contributed by atoms with E-state index in [0.29, 0.717) is 11.3 Å². The van der Waals surface area contributed by atoms with Crippen molar-refractivity contribution in [1.29, 1.82) is 5.26 Å². The van der Waals surface area contributed by atoms with Gasteiger partial charge in [0.25, 0.3) is 0 Å². The Hall–Kier alpha value is -2.91. The number of benzene rings is 2. The molecule has 0 radical (unpaired) electrons. The fourth-order valence-electron chi connectivity index (χ4n) is 3.06. The van der Waals surface area contributed by atoms with Crippen LogP contribution >= 0.6 is 0 Å². The molecule has 6 heteroatoms. The molecule has 134 valence electrons. The Labute approximate surface area is 152 Å². The van der Waals surface area contributed by atoms with E-state index >= 15 is 0 Å². The van der Waals surface area contributed by atoms with Crippen LogP contribution in [0.2, 0.25) is 0 Å². The number of anilines is 2. The molecule has 0 spiro atoms. The van der Waals surface area contributed by atoms with Gasteiger partial charge in [0.15, 0.2) is 0 Å². The molecule has 0 saturated carbocycles. The summed E-state index contributed by atoms with van der Waals surface area (Å²) in [6.07, 6.45) is 0. The second-order valence-electron chi connectivity index (χ2n) is 6.35. The number of rotatable bonds is 4. The first kappa shape index (κ1) is 17.9. The summed E-state index contributed by atoms with van der Waals surface area (Å²) in [5.74, 6) is -0.301. The van der Waals surface area contributed by atoms with Crippen LogP contribution in [-0.2, 0) is 4.79 Å². The predicted octanol–water partition coefficient (Wildman–Crippen LogP) is 2.85. The Morgan fingerprint density at radius 3 is 2.27 bits per heavy atom. The van der Waals surface area contributed by atoms with Crippen LogP contribution in [0.15, 0.2) is 48.5 Å². The Balaban J connectivity index is 1.53. The number of amides is 1. The van der Waals surface area contributed by atoms with Crippen LogP contribution in [0, 0.1) is 17.1 Å². The lowest BCUT2D eigenvalue weighted by Gasteiger charge is -2.38. The summed E-state index contributed by atoms with van der Waals surface area (Å²) in [5.41, 5.74) is 2.25. The van der Waals surface area contributed by atoms with E-state index in [1.807, 2.05) is 6.92 Å². The van der Waals surface area contributed by atoms with E-state index < -0.39 is 0 Å².